The lowest BCUT2D eigenvalue weighted by atomic mass is 10.2. The number of nitrogens with two attached hydrogens (primary N) is 1. The fourth-order valence-corrected chi connectivity index (χ4v) is 2.22. The minimum absolute atomic E-state index is 0.619. The van der Waals surface area contributed by atoms with Crippen molar-refractivity contribution in [3.8, 4) is 0 Å². The summed E-state index contributed by atoms with van der Waals surface area (Å²) in [5, 5.41) is 0.619. The Morgan fingerprint density at radius 3 is 2.55 bits per heavy atom. The molecule has 1 nitrogen and oxygen atoms in total. The highest BCUT2D eigenvalue weighted by molar-refractivity contribution is 9.11. The fourth-order valence-electron chi connectivity index (χ4n) is 0.727. The highest BCUT2D eigenvalue weighted by atomic mass is 79.9. The van der Waals surface area contributed by atoms with Gasteiger partial charge in [-0.15, -0.1) is 0 Å². The predicted molar refractivity (Wildman–Crippen MR) is 56.0 cm³/mol. The summed E-state index contributed by atoms with van der Waals surface area (Å²) in [6.45, 7) is 1.93. The SMILES string of the molecule is Cc1cc(Br)c(Cl)c(Br)c1N. The van der Waals surface area contributed by atoms with E-state index in [0.29, 0.717) is 10.7 Å². The van der Waals surface area contributed by atoms with Gasteiger partial charge in [0.05, 0.1) is 15.2 Å². The van der Waals surface area contributed by atoms with E-state index in [4.69, 9.17) is 17.3 Å². The smallest absolute Gasteiger partial charge is 0.0711 e. The monoisotopic (exact) mass is 297 g/mol. The Labute approximate surface area is 87.2 Å². The minimum Gasteiger partial charge on any atom is -0.398 e. The number of aryl methyl sites for hydroxylation is 1. The first kappa shape index (κ1) is 9.36. The molecule has 0 unspecified atom stereocenters. The van der Waals surface area contributed by atoms with Crippen LogP contribution in [0.5, 0.6) is 0 Å². The van der Waals surface area contributed by atoms with Gasteiger partial charge < -0.3 is 5.73 Å². The number of benzene rings is 1. The van der Waals surface area contributed by atoms with Crippen LogP contribution < -0.4 is 5.73 Å². The molecule has 1 aromatic rings. The Bertz CT molecular complexity index is 273. The van der Waals surface area contributed by atoms with Crippen molar-refractivity contribution in [2.45, 2.75) is 6.92 Å². The molecule has 0 fully saturated rings. The van der Waals surface area contributed by atoms with Crippen LogP contribution in [0.3, 0.4) is 0 Å². The third-order valence-electron chi connectivity index (χ3n) is 1.41. The van der Waals surface area contributed by atoms with Crippen molar-refractivity contribution >= 4 is 49.1 Å². The molecule has 0 spiro atoms. The van der Waals surface area contributed by atoms with Gasteiger partial charge in [-0.3, -0.25) is 0 Å². The number of halogens is 3. The molecular formula is C7H6Br2ClN. The second kappa shape index (κ2) is 3.33. The van der Waals surface area contributed by atoms with Gasteiger partial charge in [-0.25, -0.2) is 0 Å². The summed E-state index contributed by atoms with van der Waals surface area (Å²) in [5.41, 5.74) is 7.40. The standard InChI is InChI=1S/C7H6Br2ClN/c1-3-2-4(8)6(10)5(9)7(3)11/h2H,11H2,1H3. The Balaban J connectivity index is 3.46. The summed E-state index contributed by atoms with van der Waals surface area (Å²) in [6.07, 6.45) is 0. The van der Waals surface area contributed by atoms with Crippen LogP contribution in [0.25, 0.3) is 0 Å². The molecule has 0 radical (unpaired) electrons. The van der Waals surface area contributed by atoms with Crippen molar-refractivity contribution < 1.29 is 0 Å². The molecule has 0 saturated heterocycles. The van der Waals surface area contributed by atoms with Crippen molar-refractivity contribution in [1.29, 1.82) is 0 Å². The average Bonchev–Trinajstić information content (AvgIpc) is 1.97. The third kappa shape index (κ3) is 1.71. The lowest BCUT2D eigenvalue weighted by Gasteiger charge is -2.06. The lowest BCUT2D eigenvalue weighted by molar-refractivity contribution is 1.43. The molecule has 0 aliphatic rings. The molecule has 2 N–H and O–H groups in total. The maximum absolute atomic E-state index is 5.88. The molecule has 60 valence electrons. The molecule has 0 aliphatic carbocycles. The zero-order valence-electron chi connectivity index (χ0n) is 5.79. The number of anilines is 1. The van der Waals surface area contributed by atoms with Crippen LogP contribution in [0.1, 0.15) is 5.56 Å². The van der Waals surface area contributed by atoms with Gasteiger partial charge in [-0.05, 0) is 50.4 Å². The van der Waals surface area contributed by atoms with Crippen molar-refractivity contribution in [2.24, 2.45) is 0 Å². The maximum Gasteiger partial charge on any atom is 0.0711 e. The number of hydrogen-bond donors (Lipinski definition) is 1. The number of nitrogen functional groups attached to an aromatic ring is 1. The molecule has 1 aromatic carbocycles. The van der Waals surface area contributed by atoms with E-state index in [-0.39, 0.29) is 0 Å². The van der Waals surface area contributed by atoms with E-state index in [0.717, 1.165) is 14.5 Å². The Morgan fingerprint density at radius 1 is 1.45 bits per heavy atom. The van der Waals surface area contributed by atoms with Crippen LogP contribution in [0.15, 0.2) is 15.0 Å². The molecule has 0 aliphatic heterocycles. The van der Waals surface area contributed by atoms with Gasteiger partial charge in [0.15, 0.2) is 0 Å². The molecule has 1 rings (SSSR count). The normalized spacial score (nSPS) is 10.2. The van der Waals surface area contributed by atoms with Crippen molar-refractivity contribution in [2.75, 3.05) is 5.73 Å². The summed E-state index contributed by atoms with van der Waals surface area (Å²) in [6, 6.07) is 1.89. The Kier molecular flexibility index (Phi) is 2.84. The lowest BCUT2D eigenvalue weighted by Crippen LogP contribution is -1.91. The van der Waals surface area contributed by atoms with Crippen LogP contribution in [0.4, 0.5) is 5.69 Å². The highest BCUT2D eigenvalue weighted by Gasteiger charge is 2.07. The van der Waals surface area contributed by atoms with Crippen molar-refractivity contribution in [1.82, 2.24) is 0 Å². The van der Waals surface area contributed by atoms with Gasteiger partial charge in [-0.2, -0.15) is 0 Å². The number of rotatable bonds is 0. The van der Waals surface area contributed by atoms with E-state index in [1.807, 2.05) is 13.0 Å². The van der Waals surface area contributed by atoms with Gasteiger partial charge in [0.25, 0.3) is 0 Å². The van der Waals surface area contributed by atoms with Gasteiger partial charge in [-0.1, -0.05) is 11.6 Å². The van der Waals surface area contributed by atoms with Crippen LogP contribution in [0, 0.1) is 6.92 Å². The molecule has 0 heterocycles. The second-order valence-corrected chi connectivity index (χ2v) is 4.24. The van der Waals surface area contributed by atoms with E-state index in [2.05, 4.69) is 31.9 Å². The fraction of sp³-hybridized carbons (Fsp3) is 0.143. The van der Waals surface area contributed by atoms with Gasteiger partial charge in [0.2, 0.25) is 0 Å². The molecule has 0 atom stereocenters. The van der Waals surface area contributed by atoms with Crippen LogP contribution in [-0.4, -0.2) is 0 Å². The summed E-state index contributed by atoms with van der Waals surface area (Å²) < 4.78 is 1.61. The molecular weight excluding hydrogens is 293 g/mol. The minimum atomic E-state index is 0.619. The maximum atomic E-state index is 5.88. The topological polar surface area (TPSA) is 26.0 Å². The molecule has 11 heavy (non-hydrogen) atoms. The first-order valence-corrected chi connectivity index (χ1v) is 4.90. The largest absolute Gasteiger partial charge is 0.398 e. The van der Waals surface area contributed by atoms with Gasteiger partial charge in [0, 0.05) is 4.47 Å². The average molecular weight is 299 g/mol. The molecule has 4 heteroatoms. The first-order valence-electron chi connectivity index (χ1n) is 2.93. The molecule has 0 aromatic heterocycles. The van der Waals surface area contributed by atoms with Crippen molar-refractivity contribution in [3.05, 3.63) is 25.6 Å². The van der Waals surface area contributed by atoms with E-state index >= 15 is 0 Å². The Hall–Kier alpha value is 0.270. The molecule has 0 saturated carbocycles. The van der Waals surface area contributed by atoms with E-state index in [1.165, 1.54) is 0 Å². The van der Waals surface area contributed by atoms with Gasteiger partial charge >= 0.3 is 0 Å². The summed E-state index contributed by atoms with van der Waals surface area (Å²) >= 11 is 12.5. The van der Waals surface area contributed by atoms with Crippen LogP contribution in [-0.2, 0) is 0 Å². The first-order chi connectivity index (χ1) is 5.04. The van der Waals surface area contributed by atoms with Gasteiger partial charge in [0.1, 0.15) is 0 Å². The summed E-state index contributed by atoms with van der Waals surface area (Å²) in [5.74, 6) is 0. The van der Waals surface area contributed by atoms with E-state index in [1.54, 1.807) is 0 Å². The van der Waals surface area contributed by atoms with Crippen molar-refractivity contribution in [3.63, 3.8) is 0 Å². The second-order valence-electron chi connectivity index (χ2n) is 2.22. The van der Waals surface area contributed by atoms with E-state index < -0.39 is 0 Å². The number of hydrogen-bond acceptors (Lipinski definition) is 1. The zero-order valence-corrected chi connectivity index (χ0v) is 9.72. The summed E-state index contributed by atoms with van der Waals surface area (Å²) in [4.78, 5) is 0. The Morgan fingerprint density at radius 2 is 2.00 bits per heavy atom. The van der Waals surface area contributed by atoms with Crippen LogP contribution in [0.2, 0.25) is 5.02 Å². The molecule has 0 amide bonds. The quantitative estimate of drug-likeness (QED) is 0.573. The summed E-state index contributed by atoms with van der Waals surface area (Å²) in [7, 11) is 0. The zero-order chi connectivity index (χ0) is 8.59. The van der Waals surface area contributed by atoms with Crippen LogP contribution >= 0.6 is 43.5 Å². The predicted octanol–water partition coefficient (Wildman–Crippen LogP) is 3.76. The van der Waals surface area contributed by atoms with E-state index in [9.17, 15) is 0 Å². The molecule has 0 bridgehead atoms. The highest BCUT2D eigenvalue weighted by Crippen LogP contribution is 2.36. The third-order valence-corrected chi connectivity index (χ3v) is 3.71.